The molecule has 0 fully saturated rings. The maximum atomic E-state index is 12.3. The molecule has 0 atom stereocenters. The van der Waals surface area contributed by atoms with Crippen molar-refractivity contribution in [2.45, 2.75) is 25.3 Å². The van der Waals surface area contributed by atoms with E-state index in [1.165, 1.54) is 30.5 Å². The third-order valence-electron chi connectivity index (χ3n) is 2.94. The standard InChI is InChI=1S/C13H16N4O3S/c1-3-17-8-12(9(2)15-17)21(19,20)16-11-6-4-10(5-7-11)13(14)18/h4-8,16H,3H2,1-2H3,(H2,14,18). The summed E-state index contributed by atoms with van der Waals surface area (Å²) in [6.07, 6.45) is 1.48. The van der Waals surface area contributed by atoms with Crippen LogP contribution in [0.4, 0.5) is 5.69 Å². The molecule has 2 aromatic rings. The topological polar surface area (TPSA) is 107 Å². The zero-order valence-corrected chi connectivity index (χ0v) is 12.5. The smallest absolute Gasteiger partial charge is 0.265 e. The fourth-order valence-electron chi connectivity index (χ4n) is 1.84. The van der Waals surface area contributed by atoms with Gasteiger partial charge in [-0.1, -0.05) is 0 Å². The van der Waals surface area contributed by atoms with Crippen LogP contribution in [0.1, 0.15) is 23.0 Å². The third kappa shape index (κ3) is 3.22. The Bertz CT molecular complexity index is 763. The van der Waals surface area contributed by atoms with Gasteiger partial charge < -0.3 is 5.73 Å². The highest BCUT2D eigenvalue weighted by Crippen LogP contribution is 2.19. The highest BCUT2D eigenvalue weighted by atomic mass is 32.2. The molecular formula is C13H16N4O3S. The largest absolute Gasteiger partial charge is 0.366 e. The predicted molar refractivity (Wildman–Crippen MR) is 78.4 cm³/mol. The van der Waals surface area contributed by atoms with Crippen molar-refractivity contribution < 1.29 is 13.2 Å². The lowest BCUT2D eigenvalue weighted by Crippen LogP contribution is -2.14. The lowest BCUT2D eigenvalue weighted by atomic mass is 10.2. The zero-order valence-electron chi connectivity index (χ0n) is 11.7. The van der Waals surface area contributed by atoms with Crippen LogP contribution in [-0.4, -0.2) is 24.1 Å². The van der Waals surface area contributed by atoms with Crippen LogP contribution in [0.15, 0.2) is 35.4 Å². The van der Waals surface area contributed by atoms with Crippen molar-refractivity contribution in [3.63, 3.8) is 0 Å². The fraction of sp³-hybridized carbons (Fsp3) is 0.231. The molecule has 0 radical (unpaired) electrons. The molecule has 0 bridgehead atoms. The van der Waals surface area contributed by atoms with E-state index in [9.17, 15) is 13.2 Å². The minimum absolute atomic E-state index is 0.128. The number of nitrogens with zero attached hydrogens (tertiary/aromatic N) is 2. The minimum atomic E-state index is -3.72. The van der Waals surface area contributed by atoms with E-state index >= 15 is 0 Å². The first-order chi connectivity index (χ1) is 9.83. The number of aryl methyl sites for hydroxylation is 2. The molecule has 1 heterocycles. The molecule has 0 spiro atoms. The Labute approximate surface area is 122 Å². The van der Waals surface area contributed by atoms with Gasteiger partial charge in [0, 0.05) is 24.0 Å². The first kappa shape index (κ1) is 15.0. The summed E-state index contributed by atoms with van der Waals surface area (Å²) in [5.41, 5.74) is 6.22. The van der Waals surface area contributed by atoms with Crippen LogP contribution >= 0.6 is 0 Å². The number of nitrogens with two attached hydrogens (primary N) is 1. The van der Waals surface area contributed by atoms with E-state index in [0.29, 0.717) is 23.5 Å². The summed E-state index contributed by atoms with van der Waals surface area (Å²) in [6, 6.07) is 5.89. The maximum absolute atomic E-state index is 12.3. The van der Waals surface area contributed by atoms with Crippen LogP contribution in [0.3, 0.4) is 0 Å². The Kier molecular flexibility index (Phi) is 3.99. The average molecular weight is 308 g/mol. The number of hydrogen-bond acceptors (Lipinski definition) is 4. The molecular weight excluding hydrogens is 292 g/mol. The van der Waals surface area contributed by atoms with Crippen LogP contribution in [-0.2, 0) is 16.6 Å². The summed E-state index contributed by atoms with van der Waals surface area (Å²) < 4.78 is 28.6. The Hall–Kier alpha value is -2.35. The molecule has 1 aromatic carbocycles. The van der Waals surface area contributed by atoms with Crippen LogP contribution in [0.5, 0.6) is 0 Å². The number of carbonyl (C=O) groups is 1. The number of hydrogen-bond donors (Lipinski definition) is 2. The van der Waals surface area contributed by atoms with Crippen molar-refractivity contribution in [3.05, 3.63) is 41.7 Å². The second kappa shape index (κ2) is 5.57. The highest BCUT2D eigenvalue weighted by molar-refractivity contribution is 7.92. The number of sulfonamides is 1. The Balaban J connectivity index is 2.28. The summed E-state index contributed by atoms with van der Waals surface area (Å²) in [6.45, 7) is 4.10. The van der Waals surface area contributed by atoms with Crippen molar-refractivity contribution in [1.82, 2.24) is 9.78 Å². The number of aromatic nitrogens is 2. The van der Waals surface area contributed by atoms with Gasteiger partial charge in [0.25, 0.3) is 10.0 Å². The van der Waals surface area contributed by atoms with E-state index in [2.05, 4.69) is 9.82 Å². The van der Waals surface area contributed by atoms with Gasteiger partial charge in [-0.15, -0.1) is 0 Å². The third-order valence-corrected chi connectivity index (χ3v) is 4.42. The van der Waals surface area contributed by atoms with E-state index in [4.69, 9.17) is 5.73 Å². The lowest BCUT2D eigenvalue weighted by molar-refractivity contribution is 0.100. The molecule has 0 saturated carbocycles. The number of amides is 1. The van der Waals surface area contributed by atoms with Gasteiger partial charge in [0.2, 0.25) is 5.91 Å². The molecule has 0 unspecified atom stereocenters. The molecule has 0 aliphatic rings. The first-order valence-corrected chi connectivity index (χ1v) is 7.78. The highest BCUT2D eigenvalue weighted by Gasteiger charge is 2.20. The van der Waals surface area contributed by atoms with E-state index < -0.39 is 15.9 Å². The normalized spacial score (nSPS) is 11.3. The molecule has 7 nitrogen and oxygen atoms in total. The van der Waals surface area contributed by atoms with Gasteiger partial charge in [-0.05, 0) is 38.1 Å². The van der Waals surface area contributed by atoms with Gasteiger partial charge in [-0.25, -0.2) is 8.42 Å². The molecule has 21 heavy (non-hydrogen) atoms. The Morgan fingerprint density at radius 3 is 2.43 bits per heavy atom. The molecule has 112 valence electrons. The van der Waals surface area contributed by atoms with Gasteiger partial charge in [-0.2, -0.15) is 5.10 Å². The van der Waals surface area contributed by atoms with Crippen LogP contribution in [0.2, 0.25) is 0 Å². The summed E-state index contributed by atoms with van der Waals surface area (Å²) >= 11 is 0. The maximum Gasteiger partial charge on any atom is 0.265 e. The van der Waals surface area contributed by atoms with Gasteiger partial charge >= 0.3 is 0 Å². The van der Waals surface area contributed by atoms with Crippen molar-refractivity contribution in [3.8, 4) is 0 Å². The quantitative estimate of drug-likeness (QED) is 0.862. The van der Waals surface area contributed by atoms with E-state index in [0.717, 1.165) is 0 Å². The molecule has 2 rings (SSSR count). The Morgan fingerprint density at radius 1 is 1.33 bits per heavy atom. The summed E-state index contributed by atoms with van der Waals surface area (Å²) in [5, 5.41) is 4.11. The van der Waals surface area contributed by atoms with Gasteiger partial charge in [0.1, 0.15) is 4.90 Å². The summed E-state index contributed by atoms with van der Waals surface area (Å²) in [4.78, 5) is 11.1. The van der Waals surface area contributed by atoms with E-state index in [1.54, 1.807) is 11.6 Å². The molecule has 0 aliphatic carbocycles. The van der Waals surface area contributed by atoms with Gasteiger partial charge in [0.05, 0.1) is 5.69 Å². The Morgan fingerprint density at radius 2 is 1.95 bits per heavy atom. The zero-order chi connectivity index (χ0) is 15.6. The van der Waals surface area contributed by atoms with Crippen molar-refractivity contribution in [2.24, 2.45) is 5.73 Å². The van der Waals surface area contributed by atoms with Crippen LogP contribution in [0, 0.1) is 6.92 Å². The molecule has 0 aliphatic heterocycles. The van der Waals surface area contributed by atoms with E-state index in [-0.39, 0.29) is 4.90 Å². The predicted octanol–water partition coefficient (Wildman–Crippen LogP) is 1.11. The first-order valence-electron chi connectivity index (χ1n) is 6.30. The number of nitrogens with one attached hydrogen (secondary N) is 1. The fourth-order valence-corrected chi connectivity index (χ4v) is 3.08. The lowest BCUT2D eigenvalue weighted by Gasteiger charge is -2.07. The van der Waals surface area contributed by atoms with Gasteiger partial charge in [-0.3, -0.25) is 14.2 Å². The minimum Gasteiger partial charge on any atom is -0.366 e. The molecule has 1 aromatic heterocycles. The monoisotopic (exact) mass is 308 g/mol. The second-order valence-corrected chi connectivity index (χ2v) is 6.13. The van der Waals surface area contributed by atoms with Crippen molar-refractivity contribution in [1.29, 1.82) is 0 Å². The number of carbonyl (C=O) groups excluding carboxylic acids is 1. The molecule has 0 saturated heterocycles. The second-order valence-electron chi connectivity index (χ2n) is 4.48. The number of primary amides is 1. The van der Waals surface area contributed by atoms with Crippen molar-refractivity contribution >= 4 is 21.6 Å². The van der Waals surface area contributed by atoms with Crippen molar-refractivity contribution in [2.75, 3.05) is 4.72 Å². The number of benzene rings is 1. The molecule has 3 N–H and O–H groups in total. The van der Waals surface area contributed by atoms with Crippen LogP contribution in [0.25, 0.3) is 0 Å². The van der Waals surface area contributed by atoms with Gasteiger partial charge in [0.15, 0.2) is 0 Å². The summed E-state index contributed by atoms with van der Waals surface area (Å²) in [7, 11) is -3.72. The van der Waals surface area contributed by atoms with E-state index in [1.807, 2.05) is 6.92 Å². The molecule has 1 amide bonds. The molecule has 8 heteroatoms. The number of anilines is 1. The SMILES string of the molecule is CCn1cc(S(=O)(=O)Nc2ccc(C(N)=O)cc2)c(C)n1. The average Bonchev–Trinajstić information content (AvgIpc) is 2.81. The summed E-state index contributed by atoms with van der Waals surface area (Å²) in [5.74, 6) is -0.565. The van der Waals surface area contributed by atoms with Crippen LogP contribution < -0.4 is 10.5 Å². The number of rotatable bonds is 5.